The first-order valence-corrected chi connectivity index (χ1v) is 10.3. The molecule has 3 aromatic rings. The molecule has 1 aliphatic heterocycles. The van der Waals surface area contributed by atoms with Crippen LogP contribution in [0, 0.1) is 5.41 Å². The number of benzene rings is 2. The van der Waals surface area contributed by atoms with Crippen LogP contribution in [0.15, 0.2) is 54.6 Å². The van der Waals surface area contributed by atoms with Crippen LogP contribution in [0.25, 0.3) is 11.3 Å². The van der Waals surface area contributed by atoms with Gasteiger partial charge in [-0.3, -0.25) is 4.79 Å². The fourth-order valence-electron chi connectivity index (χ4n) is 4.73. The Bertz CT molecular complexity index is 1060. The zero-order chi connectivity index (χ0) is 20.7. The topological polar surface area (TPSA) is 108 Å². The molecule has 1 aliphatic carbocycles. The van der Waals surface area contributed by atoms with Crippen molar-refractivity contribution >= 4 is 11.7 Å². The summed E-state index contributed by atoms with van der Waals surface area (Å²) in [6.45, 7) is 2.11. The zero-order valence-corrected chi connectivity index (χ0v) is 16.7. The predicted molar refractivity (Wildman–Crippen MR) is 115 cm³/mol. The molecule has 2 aliphatic rings. The number of nitrogens with two attached hydrogens (primary N) is 2. The summed E-state index contributed by atoms with van der Waals surface area (Å²) < 4.78 is 7.65. The quantitative estimate of drug-likeness (QED) is 0.605. The normalized spacial score (nSPS) is 22.7. The summed E-state index contributed by atoms with van der Waals surface area (Å²) in [7, 11) is 0. The molecular formula is C23H25N5O2. The largest absolute Gasteiger partial charge is 0.457 e. The number of hydrogen-bond donors (Lipinski definition) is 3. The highest BCUT2D eigenvalue weighted by Gasteiger charge is 2.47. The molecule has 2 aromatic carbocycles. The number of ether oxygens (including phenoxy) is 1. The van der Waals surface area contributed by atoms with E-state index in [1.165, 1.54) is 6.42 Å². The second-order valence-corrected chi connectivity index (χ2v) is 8.35. The summed E-state index contributed by atoms with van der Waals surface area (Å²) in [5.41, 5.74) is 13.9. The van der Waals surface area contributed by atoms with Gasteiger partial charge in [0.2, 0.25) is 0 Å². The Morgan fingerprint density at radius 2 is 1.80 bits per heavy atom. The van der Waals surface area contributed by atoms with Crippen molar-refractivity contribution in [3.63, 3.8) is 0 Å². The van der Waals surface area contributed by atoms with Crippen LogP contribution in [0.2, 0.25) is 0 Å². The number of anilines is 1. The molecule has 7 heteroatoms. The average Bonchev–Trinajstić information content (AvgIpc) is 3.33. The SMILES string of the molecule is NC(=O)c1c(-c2ccc(Oc3ccccc3)cc2)nn([C@H]2C[C@@]3(CCNC3)C2)c1N. The minimum Gasteiger partial charge on any atom is -0.457 e. The van der Waals surface area contributed by atoms with E-state index in [2.05, 4.69) is 5.32 Å². The number of nitrogens with zero attached hydrogens (tertiary/aromatic N) is 2. The highest BCUT2D eigenvalue weighted by atomic mass is 16.5. The minimum absolute atomic E-state index is 0.206. The van der Waals surface area contributed by atoms with Gasteiger partial charge in [0.1, 0.15) is 28.6 Å². The third kappa shape index (κ3) is 3.21. The zero-order valence-electron chi connectivity index (χ0n) is 16.7. The molecule has 5 rings (SSSR count). The molecule has 1 spiro atoms. The molecule has 1 amide bonds. The third-order valence-electron chi connectivity index (χ3n) is 6.32. The Morgan fingerprint density at radius 3 is 2.43 bits per heavy atom. The van der Waals surface area contributed by atoms with Gasteiger partial charge in [0, 0.05) is 12.1 Å². The average molecular weight is 403 g/mol. The smallest absolute Gasteiger partial charge is 0.254 e. The van der Waals surface area contributed by atoms with Crippen LogP contribution in [0.1, 0.15) is 35.7 Å². The first-order chi connectivity index (χ1) is 14.5. The molecule has 7 nitrogen and oxygen atoms in total. The lowest BCUT2D eigenvalue weighted by molar-refractivity contribution is 0.0774. The molecule has 0 radical (unpaired) electrons. The van der Waals surface area contributed by atoms with Crippen LogP contribution in [-0.2, 0) is 0 Å². The fraction of sp³-hybridized carbons (Fsp3) is 0.304. The summed E-state index contributed by atoms with van der Waals surface area (Å²) in [4.78, 5) is 12.2. The van der Waals surface area contributed by atoms with Gasteiger partial charge < -0.3 is 21.5 Å². The number of primary amides is 1. The van der Waals surface area contributed by atoms with E-state index < -0.39 is 5.91 Å². The van der Waals surface area contributed by atoms with Crippen molar-refractivity contribution in [3.8, 4) is 22.8 Å². The van der Waals surface area contributed by atoms with Crippen molar-refractivity contribution in [2.24, 2.45) is 11.1 Å². The number of nitrogen functional groups attached to an aromatic ring is 1. The molecule has 0 bridgehead atoms. The van der Waals surface area contributed by atoms with Gasteiger partial charge in [-0.2, -0.15) is 5.10 Å². The molecule has 0 unspecified atom stereocenters. The maximum Gasteiger partial charge on any atom is 0.254 e. The lowest BCUT2D eigenvalue weighted by Gasteiger charge is -2.45. The van der Waals surface area contributed by atoms with Gasteiger partial charge in [-0.15, -0.1) is 0 Å². The number of para-hydroxylation sites is 1. The molecule has 1 saturated carbocycles. The van der Waals surface area contributed by atoms with Gasteiger partial charge >= 0.3 is 0 Å². The molecule has 154 valence electrons. The van der Waals surface area contributed by atoms with Crippen molar-refractivity contribution in [2.75, 3.05) is 18.8 Å². The standard InChI is InChI=1S/C23H25N5O2/c24-21-19(22(25)29)20(27-28(21)16-12-23(13-16)10-11-26-14-23)15-6-8-18(9-7-15)30-17-4-2-1-3-5-17/h1-9,16,26H,10-14,24H2,(H2,25,29)/t16-,23-. The molecule has 30 heavy (non-hydrogen) atoms. The van der Waals surface area contributed by atoms with E-state index in [0.29, 0.717) is 22.7 Å². The number of carbonyl (C=O) groups is 1. The van der Waals surface area contributed by atoms with Crippen molar-refractivity contribution < 1.29 is 9.53 Å². The van der Waals surface area contributed by atoms with Crippen LogP contribution < -0.4 is 21.5 Å². The van der Waals surface area contributed by atoms with E-state index in [-0.39, 0.29) is 11.6 Å². The van der Waals surface area contributed by atoms with E-state index in [1.807, 2.05) is 54.6 Å². The summed E-state index contributed by atoms with van der Waals surface area (Å²) in [6, 6.07) is 17.2. The second kappa shape index (κ2) is 7.18. The van der Waals surface area contributed by atoms with Crippen molar-refractivity contribution in [1.82, 2.24) is 15.1 Å². The van der Waals surface area contributed by atoms with Gasteiger partial charge in [0.15, 0.2) is 0 Å². The Morgan fingerprint density at radius 1 is 1.10 bits per heavy atom. The number of rotatable bonds is 5. The Balaban J connectivity index is 1.41. The minimum atomic E-state index is -0.560. The number of carbonyl (C=O) groups excluding carboxylic acids is 1. The van der Waals surface area contributed by atoms with E-state index >= 15 is 0 Å². The van der Waals surface area contributed by atoms with Gasteiger partial charge in [0.25, 0.3) is 5.91 Å². The van der Waals surface area contributed by atoms with Crippen LogP contribution in [0.3, 0.4) is 0 Å². The molecule has 0 atom stereocenters. The first-order valence-electron chi connectivity index (χ1n) is 10.3. The highest BCUT2D eigenvalue weighted by Crippen LogP contribution is 2.53. The lowest BCUT2D eigenvalue weighted by atomic mass is 9.65. The highest BCUT2D eigenvalue weighted by molar-refractivity contribution is 6.03. The maximum absolute atomic E-state index is 12.2. The Hall–Kier alpha value is -3.32. The Labute approximate surface area is 175 Å². The summed E-state index contributed by atoms with van der Waals surface area (Å²) in [5, 5.41) is 8.16. The molecule has 5 N–H and O–H groups in total. The van der Waals surface area contributed by atoms with Crippen molar-refractivity contribution in [2.45, 2.75) is 25.3 Å². The third-order valence-corrected chi connectivity index (χ3v) is 6.32. The predicted octanol–water partition coefficient (Wildman–Crippen LogP) is 3.34. The van der Waals surface area contributed by atoms with Crippen LogP contribution >= 0.6 is 0 Å². The molecule has 2 heterocycles. The number of nitrogens with one attached hydrogen (secondary N) is 1. The number of aromatic nitrogens is 2. The maximum atomic E-state index is 12.2. The number of hydrogen-bond acceptors (Lipinski definition) is 5. The summed E-state index contributed by atoms with van der Waals surface area (Å²) in [5.74, 6) is 1.26. The molecule has 2 fully saturated rings. The Kier molecular flexibility index (Phi) is 4.47. The van der Waals surface area contributed by atoms with Gasteiger partial charge in [-0.05, 0) is 67.6 Å². The first kappa shape index (κ1) is 18.7. The fourth-order valence-corrected chi connectivity index (χ4v) is 4.73. The van der Waals surface area contributed by atoms with Crippen molar-refractivity contribution in [1.29, 1.82) is 0 Å². The van der Waals surface area contributed by atoms with Gasteiger partial charge in [-0.25, -0.2) is 4.68 Å². The van der Waals surface area contributed by atoms with Crippen molar-refractivity contribution in [3.05, 3.63) is 60.2 Å². The van der Waals surface area contributed by atoms with E-state index in [9.17, 15) is 4.79 Å². The summed E-state index contributed by atoms with van der Waals surface area (Å²) in [6.07, 6.45) is 3.23. The van der Waals surface area contributed by atoms with Gasteiger partial charge in [-0.1, -0.05) is 18.2 Å². The second-order valence-electron chi connectivity index (χ2n) is 8.35. The number of amides is 1. The molecule has 1 aromatic heterocycles. The molecular weight excluding hydrogens is 378 g/mol. The monoisotopic (exact) mass is 403 g/mol. The molecule has 1 saturated heterocycles. The van der Waals surface area contributed by atoms with E-state index in [4.69, 9.17) is 21.3 Å². The van der Waals surface area contributed by atoms with Crippen LogP contribution in [0.5, 0.6) is 11.5 Å². The van der Waals surface area contributed by atoms with Crippen LogP contribution in [-0.4, -0.2) is 28.8 Å². The van der Waals surface area contributed by atoms with E-state index in [1.54, 1.807) is 4.68 Å². The van der Waals surface area contributed by atoms with Crippen LogP contribution in [0.4, 0.5) is 5.82 Å². The summed E-state index contributed by atoms with van der Waals surface area (Å²) >= 11 is 0. The van der Waals surface area contributed by atoms with Gasteiger partial charge in [0.05, 0.1) is 6.04 Å². The van der Waals surface area contributed by atoms with E-state index in [0.717, 1.165) is 37.2 Å². The lowest BCUT2D eigenvalue weighted by Crippen LogP contribution is -2.40.